The van der Waals surface area contributed by atoms with Crippen LogP contribution in [0.25, 0.3) is 43.1 Å². The Bertz CT molecular complexity index is 5310. The second-order valence-electron chi connectivity index (χ2n) is 18.5. The molecule has 0 radical (unpaired) electrons. The number of halogens is 6. The Morgan fingerprint density at radius 1 is 0.408 bits per heavy atom. The fourth-order valence-electron chi connectivity index (χ4n) is 8.89. The van der Waals surface area contributed by atoms with Crippen molar-refractivity contribution >= 4 is 161 Å². The predicted molar refractivity (Wildman–Crippen MR) is 304 cm³/mol. The van der Waals surface area contributed by atoms with Crippen LogP contribution in [0.15, 0.2) is 159 Å². The minimum absolute atomic E-state index is 0. The van der Waals surface area contributed by atoms with Gasteiger partial charge >= 0.3 is 255 Å². The molecular weight excluding hydrogens is 1590 g/mol. The zero-order valence-corrected chi connectivity index (χ0v) is 72.1. The van der Waals surface area contributed by atoms with Gasteiger partial charge in [0.15, 0.2) is 23.1 Å². The molecule has 2 aromatic heterocycles. The molecule has 0 saturated heterocycles. The van der Waals surface area contributed by atoms with E-state index in [4.69, 9.17) is 23.2 Å². The van der Waals surface area contributed by atoms with Crippen molar-refractivity contribution in [2.75, 3.05) is 10.6 Å². The Hall–Kier alpha value is -0.971. The quantitative estimate of drug-likeness (QED) is 0.0174. The average Bonchev–Trinajstić information content (AvgIpc) is 0.773. The summed E-state index contributed by atoms with van der Waals surface area (Å²) < 4.78 is 269. The summed E-state index contributed by atoms with van der Waals surface area (Å²) in [6, 6.07) is 18.8. The van der Waals surface area contributed by atoms with Gasteiger partial charge in [0.25, 0.3) is 0 Å². The second kappa shape index (κ2) is 36.1. The standard InChI is InChI=1S/2C25H16ClF2N5O10S3.3K.3Na/c2*26-19-23(27)30-25(28)31-24(19)29-10-11-2-1-3-16-14(11)6-7-17(22(16)46(41,42)43)32-33-20-18(45(38,39)40)9-12-8-13(44(35,36)37)4-5-15(12)21(20)34;;;;;;/h2*1-9,34H,10H2,(H,29,30,31)(H,35,36,37)(H,38,39,40)(H,41,42,43);;;;;;/q;;6*+1/p-6. The van der Waals surface area contributed by atoms with Gasteiger partial charge < -0.3 is 48.2 Å². The molecule has 0 spiro atoms. The Labute approximate surface area is 755 Å². The number of aromatic nitrogens is 4. The maximum absolute atomic E-state index is 13.7. The number of phenols is 2. The number of phenolic OH excluding ortho intramolecular Hbond substituents is 2. The van der Waals surface area contributed by atoms with Crippen LogP contribution in [0.1, 0.15) is 11.1 Å². The molecule has 0 atom stereocenters. The molecule has 48 heteroatoms. The SMILES string of the molecule is O=S(=O)([O-])c1ccc2c(O)c(N=Nc3ccc4c(CNc5nc(F)nc(F)c5Cl)cccc4c3S(=O)(=O)[O-])c(S(=O)(=O)[O-])cc2c1.O=S(=O)([O-])c1ccc2c(O)c(N=Nc3ccc4c(CNc5nc(F)nc(F)c5Cl)cccc4c3S(=O)(=O)[O-])c(S(=O)(=O)[O-])cc2c1.[K+].[K+].[K+].[Na+].[Na+].[Na+]. The third kappa shape index (κ3) is 21.2. The van der Waals surface area contributed by atoms with E-state index < -0.39 is 170 Å². The van der Waals surface area contributed by atoms with Crippen molar-refractivity contribution in [1.82, 2.24) is 19.9 Å². The van der Waals surface area contributed by atoms with E-state index in [1.807, 2.05) is 0 Å². The van der Waals surface area contributed by atoms with Crippen LogP contribution >= 0.6 is 23.2 Å². The summed E-state index contributed by atoms with van der Waals surface area (Å²) in [7, 11) is -31.7. The van der Waals surface area contributed by atoms with E-state index in [1.165, 1.54) is 48.5 Å². The van der Waals surface area contributed by atoms with Crippen LogP contribution in [0, 0.1) is 24.1 Å². The van der Waals surface area contributed by atoms with E-state index in [9.17, 15) is 106 Å². The Balaban J connectivity index is 0.000000481. The molecule has 0 amide bonds. The van der Waals surface area contributed by atoms with Crippen molar-refractivity contribution in [2.24, 2.45) is 20.5 Å². The van der Waals surface area contributed by atoms with Crippen LogP contribution in [-0.2, 0) is 73.8 Å². The van der Waals surface area contributed by atoms with Crippen molar-refractivity contribution in [3.05, 3.63) is 154 Å². The maximum atomic E-state index is 13.7. The Morgan fingerprint density at radius 2 is 0.735 bits per heavy atom. The molecule has 4 N–H and O–H groups in total. The summed E-state index contributed by atoms with van der Waals surface area (Å²) in [6.45, 7) is -0.478. The molecule has 0 saturated carbocycles. The normalized spacial score (nSPS) is 12.0. The third-order valence-corrected chi connectivity index (χ3v) is 18.7. The molecule has 480 valence electrons. The van der Waals surface area contributed by atoms with E-state index in [1.54, 1.807) is 0 Å². The van der Waals surface area contributed by atoms with E-state index in [0.29, 0.717) is 12.1 Å². The molecule has 0 aliphatic rings. The van der Waals surface area contributed by atoms with Gasteiger partial charge in [-0.05, 0) is 93.3 Å². The number of hydrogen-bond acceptors (Lipinski definition) is 30. The number of benzene rings is 8. The molecule has 10 rings (SSSR count). The minimum atomic E-state index is -5.46. The van der Waals surface area contributed by atoms with Crippen LogP contribution in [0.2, 0.25) is 10.0 Å². The van der Waals surface area contributed by atoms with Crippen molar-refractivity contribution < 1.29 is 348 Å². The summed E-state index contributed by atoms with van der Waals surface area (Å²) in [5, 5.41) is 38.5. The molecular formula is C50H26Cl2F4K3N10Na3O20S6. The molecule has 0 fully saturated rings. The fourth-order valence-corrected chi connectivity index (χ4v) is 13.1. The van der Waals surface area contributed by atoms with Crippen molar-refractivity contribution in [1.29, 1.82) is 0 Å². The first kappa shape index (κ1) is 91.2. The van der Waals surface area contributed by atoms with E-state index >= 15 is 0 Å². The molecule has 10 aromatic rings. The number of fused-ring (bicyclic) bond motifs is 4. The first-order valence-electron chi connectivity index (χ1n) is 24.2. The number of rotatable bonds is 16. The van der Waals surface area contributed by atoms with Gasteiger partial charge in [-0.2, -0.15) is 37.5 Å². The predicted octanol–water partition coefficient (Wildman–Crippen LogP) is -9.66. The largest absolute Gasteiger partial charge is 1.00 e. The van der Waals surface area contributed by atoms with Crippen LogP contribution in [0.4, 0.5) is 51.9 Å². The van der Waals surface area contributed by atoms with Gasteiger partial charge in [0.05, 0.1) is 29.4 Å². The van der Waals surface area contributed by atoms with Gasteiger partial charge in [-0.3, -0.25) is 0 Å². The topological polar surface area (TPSA) is 509 Å². The van der Waals surface area contributed by atoms with Gasteiger partial charge in [-0.1, -0.05) is 71.7 Å². The third-order valence-electron chi connectivity index (χ3n) is 12.8. The first-order valence-corrected chi connectivity index (χ1v) is 33.4. The van der Waals surface area contributed by atoms with Gasteiger partial charge in [0, 0.05) is 34.6 Å². The monoisotopic (exact) mass is 1610 g/mol. The summed E-state index contributed by atoms with van der Waals surface area (Å²) in [5.74, 6) is -5.51. The number of azo groups is 2. The number of aromatic hydroxyl groups is 2. The summed E-state index contributed by atoms with van der Waals surface area (Å²) in [6.07, 6.45) is -2.83. The Morgan fingerprint density at radius 3 is 1.04 bits per heavy atom. The van der Waals surface area contributed by atoms with E-state index in [0.717, 1.165) is 48.5 Å². The minimum Gasteiger partial charge on any atom is -0.744 e. The van der Waals surface area contributed by atoms with Crippen LogP contribution in [0.5, 0.6) is 11.5 Å². The molecule has 0 aliphatic heterocycles. The zero-order valence-electron chi connectivity index (χ0n) is 50.3. The van der Waals surface area contributed by atoms with Crippen molar-refractivity contribution in [3.63, 3.8) is 0 Å². The van der Waals surface area contributed by atoms with E-state index in [-0.39, 0.29) is 310 Å². The summed E-state index contributed by atoms with van der Waals surface area (Å²) in [5.41, 5.74) is -2.67. The average molecular weight is 1610 g/mol. The van der Waals surface area contributed by atoms with Crippen LogP contribution in [0.3, 0.4) is 0 Å². The van der Waals surface area contributed by atoms with Gasteiger partial charge in [0.1, 0.15) is 93.5 Å². The van der Waals surface area contributed by atoms with Crippen molar-refractivity contribution in [2.45, 2.75) is 42.5 Å². The molecule has 2 heterocycles. The molecule has 30 nitrogen and oxygen atoms in total. The van der Waals surface area contributed by atoms with Crippen molar-refractivity contribution in [3.8, 4) is 11.5 Å². The number of hydrogen-bond donors (Lipinski definition) is 4. The van der Waals surface area contributed by atoms with E-state index in [2.05, 4.69) is 51.0 Å². The maximum Gasteiger partial charge on any atom is 1.00 e. The number of nitrogens with zero attached hydrogens (tertiary/aromatic N) is 8. The first-order chi connectivity index (χ1) is 42.7. The van der Waals surface area contributed by atoms with Gasteiger partial charge in [-0.15, -0.1) is 20.5 Å². The molecule has 0 bridgehead atoms. The number of nitrogens with one attached hydrogen (secondary N) is 2. The van der Waals surface area contributed by atoms with Crippen LogP contribution in [-0.4, -0.2) is 108 Å². The fraction of sp³-hybridized carbons (Fsp3) is 0.0400. The molecule has 8 aromatic carbocycles. The molecule has 0 unspecified atom stereocenters. The van der Waals surface area contributed by atoms with Crippen LogP contribution < -0.4 is 253 Å². The summed E-state index contributed by atoms with van der Waals surface area (Å²) in [4.78, 5) is 6.51. The molecule has 98 heavy (non-hydrogen) atoms. The number of anilines is 2. The second-order valence-corrected chi connectivity index (χ2v) is 27.3. The Kier molecular flexibility index (Phi) is 33.6. The zero-order chi connectivity index (χ0) is 67.5. The van der Waals surface area contributed by atoms with Gasteiger partial charge in [-0.25, -0.2) is 50.5 Å². The molecule has 0 aliphatic carbocycles. The smallest absolute Gasteiger partial charge is 0.744 e. The van der Waals surface area contributed by atoms with Gasteiger partial charge in [0.2, 0.25) is 11.9 Å². The summed E-state index contributed by atoms with van der Waals surface area (Å²) >= 11 is 11.5.